The summed E-state index contributed by atoms with van der Waals surface area (Å²) in [4.78, 5) is 11.8. The number of aliphatic carboxylic acids is 1. The van der Waals surface area contributed by atoms with Gasteiger partial charge in [-0.25, -0.2) is 0 Å². The van der Waals surface area contributed by atoms with Gasteiger partial charge in [0.25, 0.3) is 0 Å². The SMILES string of the molecule is CC(C)(C)C(O)C(C(=O)O)c1cccs1. The van der Waals surface area contributed by atoms with Crippen molar-refractivity contribution in [1.82, 2.24) is 0 Å². The first-order chi connectivity index (χ1) is 6.84. The van der Waals surface area contributed by atoms with E-state index in [4.69, 9.17) is 5.11 Å². The zero-order valence-corrected chi connectivity index (χ0v) is 9.91. The van der Waals surface area contributed by atoms with E-state index in [1.54, 1.807) is 12.1 Å². The Hall–Kier alpha value is -0.870. The summed E-state index contributed by atoms with van der Waals surface area (Å²) >= 11 is 1.36. The standard InChI is InChI=1S/C11H16O3S/c1-11(2,3)9(12)8(10(13)14)7-5-4-6-15-7/h4-6,8-9,12H,1-3H3,(H,13,14). The van der Waals surface area contributed by atoms with Crippen LogP contribution in [0.25, 0.3) is 0 Å². The highest BCUT2D eigenvalue weighted by atomic mass is 32.1. The first kappa shape index (κ1) is 12.2. The van der Waals surface area contributed by atoms with Crippen molar-refractivity contribution < 1.29 is 15.0 Å². The molecule has 1 rings (SSSR count). The summed E-state index contributed by atoms with van der Waals surface area (Å²) in [5.41, 5.74) is -0.437. The maximum absolute atomic E-state index is 11.1. The highest BCUT2D eigenvalue weighted by Crippen LogP contribution is 2.34. The molecule has 0 aromatic carbocycles. The van der Waals surface area contributed by atoms with Crippen LogP contribution in [0.15, 0.2) is 17.5 Å². The molecule has 0 aliphatic heterocycles. The molecule has 2 N–H and O–H groups in total. The molecule has 0 amide bonds. The third-order valence-electron chi connectivity index (χ3n) is 2.32. The number of rotatable bonds is 3. The lowest BCUT2D eigenvalue weighted by molar-refractivity contribution is -0.143. The second kappa shape index (κ2) is 4.33. The fourth-order valence-corrected chi connectivity index (χ4v) is 2.23. The third kappa shape index (κ3) is 2.79. The Labute approximate surface area is 93.4 Å². The van der Waals surface area contributed by atoms with Gasteiger partial charge in [-0.3, -0.25) is 4.79 Å². The molecular weight excluding hydrogens is 212 g/mol. The second-order valence-electron chi connectivity index (χ2n) is 4.64. The van der Waals surface area contributed by atoms with Crippen molar-refractivity contribution in [3.63, 3.8) is 0 Å². The molecule has 84 valence electrons. The minimum Gasteiger partial charge on any atom is -0.481 e. The Bertz CT molecular complexity index is 324. The van der Waals surface area contributed by atoms with Gasteiger partial charge in [-0.2, -0.15) is 0 Å². The summed E-state index contributed by atoms with van der Waals surface area (Å²) in [6, 6.07) is 3.55. The van der Waals surface area contributed by atoms with Crippen molar-refractivity contribution in [3.8, 4) is 0 Å². The van der Waals surface area contributed by atoms with Crippen LogP contribution in [0.1, 0.15) is 31.6 Å². The zero-order chi connectivity index (χ0) is 11.6. The summed E-state index contributed by atoms with van der Waals surface area (Å²) in [5.74, 6) is -1.80. The van der Waals surface area contributed by atoms with E-state index < -0.39 is 23.4 Å². The van der Waals surface area contributed by atoms with Crippen molar-refractivity contribution in [1.29, 1.82) is 0 Å². The van der Waals surface area contributed by atoms with Crippen molar-refractivity contribution in [2.45, 2.75) is 32.8 Å². The molecule has 0 aliphatic rings. The zero-order valence-electron chi connectivity index (χ0n) is 9.10. The first-order valence-corrected chi connectivity index (χ1v) is 5.66. The smallest absolute Gasteiger partial charge is 0.314 e. The van der Waals surface area contributed by atoms with Crippen LogP contribution in [0.5, 0.6) is 0 Å². The molecule has 0 radical (unpaired) electrons. The van der Waals surface area contributed by atoms with Crippen LogP contribution in [0.2, 0.25) is 0 Å². The van der Waals surface area contributed by atoms with Crippen molar-refractivity contribution in [2.24, 2.45) is 5.41 Å². The Balaban J connectivity index is 3.00. The van der Waals surface area contributed by atoms with Crippen LogP contribution < -0.4 is 0 Å². The second-order valence-corrected chi connectivity index (χ2v) is 5.62. The van der Waals surface area contributed by atoms with Crippen LogP contribution in [0.3, 0.4) is 0 Å². The first-order valence-electron chi connectivity index (χ1n) is 4.78. The van der Waals surface area contributed by atoms with Crippen molar-refractivity contribution in [2.75, 3.05) is 0 Å². The lowest BCUT2D eigenvalue weighted by Gasteiger charge is -2.30. The maximum atomic E-state index is 11.1. The van der Waals surface area contributed by atoms with E-state index >= 15 is 0 Å². The van der Waals surface area contributed by atoms with E-state index in [1.807, 2.05) is 26.2 Å². The van der Waals surface area contributed by atoms with E-state index in [0.717, 1.165) is 0 Å². The quantitative estimate of drug-likeness (QED) is 0.834. The molecule has 2 atom stereocenters. The van der Waals surface area contributed by atoms with Gasteiger partial charge in [-0.05, 0) is 16.9 Å². The minimum atomic E-state index is -0.972. The number of aliphatic hydroxyl groups excluding tert-OH is 1. The molecule has 3 nitrogen and oxygen atoms in total. The van der Waals surface area contributed by atoms with Crippen LogP contribution >= 0.6 is 11.3 Å². The molecule has 0 fully saturated rings. The van der Waals surface area contributed by atoms with Gasteiger partial charge in [0.05, 0.1) is 6.10 Å². The summed E-state index contributed by atoms with van der Waals surface area (Å²) in [6.07, 6.45) is -0.881. The topological polar surface area (TPSA) is 57.5 Å². The Kier molecular flexibility index (Phi) is 3.52. The van der Waals surface area contributed by atoms with Crippen LogP contribution in [0, 0.1) is 5.41 Å². The number of aliphatic hydroxyl groups is 1. The fourth-order valence-electron chi connectivity index (χ4n) is 1.38. The average molecular weight is 228 g/mol. The van der Waals surface area contributed by atoms with Crippen LogP contribution in [-0.2, 0) is 4.79 Å². The van der Waals surface area contributed by atoms with Gasteiger partial charge in [0, 0.05) is 4.88 Å². The van der Waals surface area contributed by atoms with E-state index in [1.165, 1.54) is 11.3 Å². The molecule has 1 aromatic heterocycles. The molecule has 0 saturated heterocycles. The van der Waals surface area contributed by atoms with Crippen LogP contribution in [-0.4, -0.2) is 22.3 Å². The molecule has 4 heteroatoms. The molecule has 0 bridgehead atoms. The van der Waals surface area contributed by atoms with E-state index in [2.05, 4.69) is 0 Å². The molecular formula is C11H16O3S. The monoisotopic (exact) mass is 228 g/mol. The lowest BCUT2D eigenvalue weighted by atomic mass is 9.80. The van der Waals surface area contributed by atoms with Gasteiger partial charge in [0.15, 0.2) is 0 Å². The molecule has 0 aliphatic carbocycles. The molecule has 1 aromatic rings. The third-order valence-corrected chi connectivity index (χ3v) is 3.27. The lowest BCUT2D eigenvalue weighted by Crippen LogP contribution is -2.36. The summed E-state index contributed by atoms with van der Waals surface area (Å²) in [6.45, 7) is 5.50. The Morgan fingerprint density at radius 3 is 2.40 bits per heavy atom. The number of hydrogen-bond acceptors (Lipinski definition) is 3. The predicted molar refractivity (Wildman–Crippen MR) is 60.2 cm³/mol. The average Bonchev–Trinajstić information content (AvgIpc) is 2.54. The number of carboxylic acid groups (broad SMARTS) is 1. The van der Waals surface area contributed by atoms with Gasteiger partial charge in [-0.15, -0.1) is 11.3 Å². The number of thiophene rings is 1. The summed E-state index contributed by atoms with van der Waals surface area (Å²) in [7, 11) is 0. The molecule has 0 spiro atoms. The van der Waals surface area contributed by atoms with Crippen LogP contribution in [0.4, 0.5) is 0 Å². The van der Waals surface area contributed by atoms with Crippen molar-refractivity contribution >= 4 is 17.3 Å². The molecule has 15 heavy (non-hydrogen) atoms. The van der Waals surface area contributed by atoms with Gasteiger partial charge >= 0.3 is 5.97 Å². The Morgan fingerprint density at radius 2 is 2.07 bits per heavy atom. The summed E-state index contributed by atoms with van der Waals surface area (Å²) < 4.78 is 0. The molecule has 1 heterocycles. The normalized spacial score (nSPS) is 16.0. The highest BCUT2D eigenvalue weighted by molar-refractivity contribution is 7.10. The molecule has 2 unspecified atom stereocenters. The number of hydrogen-bond donors (Lipinski definition) is 2. The van der Waals surface area contributed by atoms with Gasteiger partial charge < -0.3 is 10.2 Å². The largest absolute Gasteiger partial charge is 0.481 e. The van der Waals surface area contributed by atoms with E-state index in [-0.39, 0.29) is 0 Å². The van der Waals surface area contributed by atoms with Gasteiger partial charge in [0.1, 0.15) is 5.92 Å². The maximum Gasteiger partial charge on any atom is 0.314 e. The minimum absolute atomic E-state index is 0.437. The highest BCUT2D eigenvalue weighted by Gasteiger charge is 2.36. The number of carbonyl (C=O) groups is 1. The van der Waals surface area contributed by atoms with Gasteiger partial charge in [-0.1, -0.05) is 26.8 Å². The van der Waals surface area contributed by atoms with Crippen molar-refractivity contribution in [3.05, 3.63) is 22.4 Å². The van der Waals surface area contributed by atoms with Gasteiger partial charge in [0.2, 0.25) is 0 Å². The predicted octanol–water partition coefficient (Wildman–Crippen LogP) is 2.32. The Morgan fingerprint density at radius 1 is 1.47 bits per heavy atom. The number of carboxylic acids is 1. The fraction of sp³-hybridized carbons (Fsp3) is 0.545. The van der Waals surface area contributed by atoms with E-state index in [0.29, 0.717) is 4.88 Å². The summed E-state index contributed by atoms with van der Waals surface area (Å²) in [5, 5.41) is 21.0. The molecule has 0 saturated carbocycles. The van der Waals surface area contributed by atoms with E-state index in [9.17, 15) is 9.90 Å².